The van der Waals surface area contributed by atoms with Crippen LogP contribution in [0.25, 0.3) is 0 Å². The van der Waals surface area contributed by atoms with Crippen molar-refractivity contribution in [2.24, 2.45) is 7.05 Å². The van der Waals surface area contributed by atoms with E-state index in [1.165, 1.54) is 7.05 Å². The van der Waals surface area contributed by atoms with Gasteiger partial charge in [-0.05, 0) is 28.8 Å². The second-order valence-electron chi connectivity index (χ2n) is 3.92. The highest BCUT2D eigenvalue weighted by atomic mass is 79.9. The molecule has 1 aliphatic heterocycles. The van der Waals surface area contributed by atoms with Crippen LogP contribution in [0.5, 0.6) is 0 Å². The molecule has 0 aromatic carbocycles. The van der Waals surface area contributed by atoms with Gasteiger partial charge in [0.2, 0.25) is 10.9 Å². The molecule has 1 aliphatic rings. The number of hydrogen-bond donors (Lipinski definition) is 2. The van der Waals surface area contributed by atoms with Gasteiger partial charge in [0.25, 0.3) is 10.0 Å². The molecule has 100 valence electrons. The van der Waals surface area contributed by atoms with E-state index in [0.717, 1.165) is 11.1 Å². The van der Waals surface area contributed by atoms with Crippen LogP contribution in [-0.2, 0) is 21.9 Å². The molecule has 2 N–H and O–H groups in total. The minimum absolute atomic E-state index is 0.0964. The Balaban J connectivity index is 2.25. The number of carbonyl (C=O) groups excluding carboxylic acids is 1. The highest BCUT2D eigenvalue weighted by Gasteiger charge is 2.31. The Morgan fingerprint density at radius 3 is 2.83 bits per heavy atom. The zero-order valence-corrected chi connectivity index (χ0v) is 12.0. The fraction of sp³-hybridized carbons (Fsp3) is 0.625. The van der Waals surface area contributed by atoms with Gasteiger partial charge in [0.05, 0.1) is 0 Å². The number of carbonyl (C=O) groups is 1. The molecule has 1 atom stereocenters. The molecule has 10 heteroatoms. The molecule has 1 saturated heterocycles. The first kappa shape index (κ1) is 13.4. The van der Waals surface area contributed by atoms with E-state index in [4.69, 9.17) is 0 Å². The van der Waals surface area contributed by atoms with Gasteiger partial charge in [0.15, 0.2) is 4.60 Å². The lowest BCUT2D eigenvalue weighted by Gasteiger charge is -2.22. The van der Waals surface area contributed by atoms with Crippen LogP contribution < -0.4 is 10.0 Å². The fourth-order valence-corrected chi connectivity index (χ4v) is 4.06. The second-order valence-corrected chi connectivity index (χ2v) is 6.30. The van der Waals surface area contributed by atoms with Crippen molar-refractivity contribution >= 4 is 31.9 Å². The number of aryl methyl sites for hydroxylation is 1. The lowest BCUT2D eigenvalue weighted by atomic mass is 10.1. The quantitative estimate of drug-likeness (QED) is 0.746. The Morgan fingerprint density at radius 1 is 1.56 bits per heavy atom. The molecule has 0 aliphatic carbocycles. The van der Waals surface area contributed by atoms with Gasteiger partial charge in [-0.2, -0.15) is 4.72 Å². The molecule has 0 radical (unpaired) electrons. The molecule has 0 spiro atoms. The zero-order chi connectivity index (χ0) is 13.3. The van der Waals surface area contributed by atoms with Crippen LogP contribution in [0.2, 0.25) is 0 Å². The molecule has 8 nitrogen and oxygen atoms in total. The molecular formula is C8H12BrN5O3S. The maximum atomic E-state index is 12.1. The summed E-state index contributed by atoms with van der Waals surface area (Å²) >= 11 is 3.02. The van der Waals surface area contributed by atoms with Crippen molar-refractivity contribution in [1.82, 2.24) is 25.0 Å². The summed E-state index contributed by atoms with van der Waals surface area (Å²) in [5.41, 5.74) is 0. The number of nitrogens with one attached hydrogen (secondary N) is 2. The SMILES string of the molecule is Cn1nnc(Br)c1S(=O)(=O)NC1CCCNC1=O. The van der Waals surface area contributed by atoms with Crippen LogP contribution in [0.15, 0.2) is 9.63 Å². The third kappa shape index (κ3) is 2.54. The van der Waals surface area contributed by atoms with Crippen LogP contribution in [-0.4, -0.2) is 41.9 Å². The van der Waals surface area contributed by atoms with E-state index in [2.05, 4.69) is 36.3 Å². The van der Waals surface area contributed by atoms with E-state index in [1.54, 1.807) is 0 Å². The molecule has 2 rings (SSSR count). The van der Waals surface area contributed by atoms with Crippen molar-refractivity contribution < 1.29 is 13.2 Å². The Labute approximate surface area is 112 Å². The Hall–Kier alpha value is -1.00. The van der Waals surface area contributed by atoms with Gasteiger partial charge in [-0.15, -0.1) is 5.10 Å². The minimum Gasteiger partial charge on any atom is -0.355 e. The summed E-state index contributed by atoms with van der Waals surface area (Å²) in [5.74, 6) is -0.309. The van der Waals surface area contributed by atoms with E-state index in [0.29, 0.717) is 13.0 Å². The van der Waals surface area contributed by atoms with Crippen molar-refractivity contribution in [3.8, 4) is 0 Å². The molecule has 1 amide bonds. The van der Waals surface area contributed by atoms with Crippen molar-refractivity contribution in [1.29, 1.82) is 0 Å². The smallest absolute Gasteiger partial charge is 0.261 e. The van der Waals surface area contributed by atoms with E-state index in [-0.39, 0.29) is 15.5 Å². The molecule has 1 aromatic heterocycles. The number of rotatable bonds is 3. The maximum Gasteiger partial charge on any atom is 0.261 e. The van der Waals surface area contributed by atoms with Crippen LogP contribution in [0.4, 0.5) is 0 Å². The number of sulfonamides is 1. The molecule has 1 fully saturated rings. The average Bonchev–Trinajstić information content (AvgIpc) is 2.62. The Bertz CT molecular complexity index is 550. The number of piperidine rings is 1. The van der Waals surface area contributed by atoms with Crippen molar-refractivity contribution in [3.05, 3.63) is 4.60 Å². The van der Waals surface area contributed by atoms with Crippen LogP contribution >= 0.6 is 15.9 Å². The largest absolute Gasteiger partial charge is 0.355 e. The summed E-state index contributed by atoms with van der Waals surface area (Å²) in [4.78, 5) is 11.5. The zero-order valence-electron chi connectivity index (χ0n) is 9.55. The Kier molecular flexibility index (Phi) is 3.69. The van der Waals surface area contributed by atoms with Crippen LogP contribution in [0, 0.1) is 0 Å². The van der Waals surface area contributed by atoms with Crippen molar-refractivity contribution in [3.63, 3.8) is 0 Å². The highest BCUT2D eigenvalue weighted by Crippen LogP contribution is 2.18. The maximum absolute atomic E-state index is 12.1. The molecule has 0 saturated carbocycles. The molecule has 1 aromatic rings. The van der Waals surface area contributed by atoms with Crippen molar-refractivity contribution in [2.75, 3.05) is 6.54 Å². The summed E-state index contributed by atoms with van der Waals surface area (Å²) in [6.07, 6.45) is 1.22. The summed E-state index contributed by atoms with van der Waals surface area (Å²) < 4.78 is 27.9. The number of halogens is 1. The average molecular weight is 338 g/mol. The first-order valence-corrected chi connectivity index (χ1v) is 7.54. The number of nitrogens with zero attached hydrogens (tertiary/aromatic N) is 3. The van der Waals surface area contributed by atoms with Crippen LogP contribution in [0.1, 0.15) is 12.8 Å². The van der Waals surface area contributed by atoms with E-state index in [9.17, 15) is 13.2 Å². The molecule has 0 bridgehead atoms. The standard InChI is InChI=1S/C8H12BrN5O3S/c1-14-8(6(9)11-13-14)18(16,17)12-5-3-2-4-10-7(5)15/h5,12H,2-4H2,1H3,(H,10,15). The van der Waals surface area contributed by atoms with E-state index >= 15 is 0 Å². The van der Waals surface area contributed by atoms with Gasteiger partial charge >= 0.3 is 0 Å². The minimum atomic E-state index is -3.83. The first-order valence-electron chi connectivity index (χ1n) is 5.27. The van der Waals surface area contributed by atoms with Gasteiger partial charge in [0.1, 0.15) is 6.04 Å². The number of aromatic nitrogens is 3. The summed E-state index contributed by atoms with van der Waals surface area (Å²) in [5, 5.41) is 9.72. The van der Waals surface area contributed by atoms with Crippen molar-refractivity contribution in [2.45, 2.75) is 23.9 Å². The topological polar surface area (TPSA) is 106 Å². The molecular weight excluding hydrogens is 326 g/mol. The molecule has 2 heterocycles. The normalized spacial score (nSPS) is 20.8. The highest BCUT2D eigenvalue weighted by molar-refractivity contribution is 9.10. The summed E-state index contributed by atoms with van der Waals surface area (Å²) in [6, 6.07) is -0.745. The van der Waals surface area contributed by atoms with E-state index < -0.39 is 16.1 Å². The van der Waals surface area contributed by atoms with Gasteiger partial charge in [-0.1, -0.05) is 5.21 Å². The van der Waals surface area contributed by atoms with Gasteiger partial charge in [-0.3, -0.25) is 4.79 Å². The molecule has 18 heavy (non-hydrogen) atoms. The van der Waals surface area contributed by atoms with E-state index in [1.807, 2.05) is 0 Å². The molecule has 1 unspecified atom stereocenters. The Morgan fingerprint density at radius 2 is 2.28 bits per heavy atom. The van der Waals surface area contributed by atoms with Gasteiger partial charge < -0.3 is 5.32 Å². The van der Waals surface area contributed by atoms with Gasteiger partial charge in [-0.25, -0.2) is 13.1 Å². The monoisotopic (exact) mass is 337 g/mol. The summed E-state index contributed by atoms with van der Waals surface area (Å²) in [7, 11) is -2.37. The van der Waals surface area contributed by atoms with Crippen LogP contribution in [0.3, 0.4) is 0 Å². The predicted molar refractivity (Wildman–Crippen MR) is 65.1 cm³/mol. The fourth-order valence-electron chi connectivity index (χ4n) is 1.74. The summed E-state index contributed by atoms with van der Waals surface area (Å²) in [6.45, 7) is 0.577. The van der Waals surface area contributed by atoms with Gasteiger partial charge in [0, 0.05) is 13.6 Å². The third-order valence-corrected chi connectivity index (χ3v) is 4.93. The number of amides is 1. The number of hydrogen-bond acceptors (Lipinski definition) is 5. The second kappa shape index (κ2) is 4.94. The lowest BCUT2D eigenvalue weighted by Crippen LogP contribution is -2.50. The predicted octanol–water partition coefficient (Wildman–Crippen LogP) is -0.866. The third-order valence-electron chi connectivity index (χ3n) is 2.57. The lowest BCUT2D eigenvalue weighted by molar-refractivity contribution is -0.124. The first-order chi connectivity index (χ1) is 8.42.